The third-order valence-corrected chi connectivity index (χ3v) is 8.15. The van der Waals surface area contributed by atoms with E-state index in [4.69, 9.17) is 18.9 Å². The van der Waals surface area contributed by atoms with Crippen LogP contribution in [0.1, 0.15) is 16.7 Å². The molecule has 0 aromatic heterocycles. The largest absolute Gasteiger partial charge is 0.493 e. The molecule has 0 atom stereocenters. The number of methoxy groups -OCH3 is 3. The van der Waals surface area contributed by atoms with Gasteiger partial charge in [-0.3, -0.25) is 9.10 Å². The number of nitrogens with zero attached hydrogens (tertiary/aromatic N) is 2. The Morgan fingerprint density at radius 1 is 0.814 bits per heavy atom. The summed E-state index contributed by atoms with van der Waals surface area (Å²) in [4.78, 5) is 12.9. The highest BCUT2D eigenvalue weighted by Gasteiger charge is 2.28. The molecule has 224 valence electrons. The second-order valence-electron chi connectivity index (χ2n) is 9.34. The first-order valence-electron chi connectivity index (χ1n) is 13.2. The van der Waals surface area contributed by atoms with E-state index in [0.717, 1.165) is 15.4 Å². The van der Waals surface area contributed by atoms with Gasteiger partial charge in [0.2, 0.25) is 0 Å². The Hall–Kier alpha value is -5.03. The molecular formula is C32H33N3O7S. The van der Waals surface area contributed by atoms with Gasteiger partial charge in [0.25, 0.3) is 15.9 Å². The fraction of sp³-hybridized carbons (Fsp3) is 0.188. The molecule has 0 aliphatic heterocycles. The van der Waals surface area contributed by atoms with Crippen molar-refractivity contribution in [1.29, 1.82) is 0 Å². The zero-order chi connectivity index (χ0) is 30.8. The monoisotopic (exact) mass is 603 g/mol. The number of amides is 1. The van der Waals surface area contributed by atoms with Crippen LogP contribution in [0.2, 0.25) is 0 Å². The average Bonchev–Trinajstić information content (AvgIpc) is 3.03. The number of ether oxygens (including phenoxy) is 4. The van der Waals surface area contributed by atoms with Crippen LogP contribution in [0.5, 0.6) is 23.0 Å². The fourth-order valence-electron chi connectivity index (χ4n) is 4.09. The van der Waals surface area contributed by atoms with Gasteiger partial charge in [0.05, 0.1) is 38.1 Å². The van der Waals surface area contributed by atoms with Crippen molar-refractivity contribution in [3.63, 3.8) is 0 Å². The molecule has 1 N–H and O–H groups in total. The Kier molecular flexibility index (Phi) is 10.2. The van der Waals surface area contributed by atoms with Crippen LogP contribution in [-0.4, -0.2) is 48.4 Å². The van der Waals surface area contributed by atoms with Gasteiger partial charge < -0.3 is 18.9 Å². The maximum Gasteiger partial charge on any atom is 0.264 e. The molecule has 0 radical (unpaired) electrons. The van der Waals surface area contributed by atoms with Crippen LogP contribution < -0.4 is 28.7 Å². The van der Waals surface area contributed by atoms with Crippen molar-refractivity contribution in [2.45, 2.75) is 18.4 Å². The molecule has 0 aliphatic carbocycles. The number of benzene rings is 4. The van der Waals surface area contributed by atoms with Crippen LogP contribution in [0.25, 0.3) is 0 Å². The number of hydrogen-bond acceptors (Lipinski definition) is 8. The highest BCUT2D eigenvalue weighted by atomic mass is 32.2. The van der Waals surface area contributed by atoms with Gasteiger partial charge in [-0.1, -0.05) is 48.0 Å². The van der Waals surface area contributed by atoms with Crippen molar-refractivity contribution in [3.05, 3.63) is 108 Å². The van der Waals surface area contributed by atoms with Crippen LogP contribution >= 0.6 is 0 Å². The van der Waals surface area contributed by atoms with Gasteiger partial charge in [-0.05, 0) is 60.5 Å². The van der Waals surface area contributed by atoms with E-state index in [1.54, 1.807) is 42.5 Å². The molecule has 4 aromatic carbocycles. The molecule has 0 saturated heterocycles. The summed E-state index contributed by atoms with van der Waals surface area (Å²) in [6.07, 6.45) is 1.43. The van der Waals surface area contributed by atoms with Crippen molar-refractivity contribution in [2.75, 3.05) is 32.2 Å². The minimum atomic E-state index is -4.18. The SMILES string of the molecule is COc1ccc(S(=O)(=O)N(CC(=O)NN=Cc2ccc(OCc3ccccc3)c(OC)c2)c2ccc(C)cc2)cc1OC. The number of sulfonamides is 1. The third kappa shape index (κ3) is 7.83. The van der Waals surface area contributed by atoms with Crippen molar-refractivity contribution in [2.24, 2.45) is 5.10 Å². The number of hydrazone groups is 1. The molecule has 0 aliphatic rings. The zero-order valence-electron chi connectivity index (χ0n) is 24.3. The molecule has 4 aromatic rings. The number of carbonyl (C=O) groups is 1. The number of nitrogens with one attached hydrogen (secondary N) is 1. The van der Waals surface area contributed by atoms with Gasteiger partial charge in [0, 0.05) is 6.07 Å². The number of rotatable bonds is 13. The number of carbonyl (C=O) groups excluding carboxylic acids is 1. The molecule has 11 heteroatoms. The topological polar surface area (TPSA) is 116 Å². The molecule has 43 heavy (non-hydrogen) atoms. The van der Waals surface area contributed by atoms with Gasteiger partial charge in [-0.2, -0.15) is 5.10 Å². The quantitative estimate of drug-likeness (QED) is 0.170. The molecule has 0 bridgehead atoms. The van der Waals surface area contributed by atoms with E-state index in [1.807, 2.05) is 37.3 Å². The van der Waals surface area contributed by atoms with Crippen molar-refractivity contribution in [3.8, 4) is 23.0 Å². The lowest BCUT2D eigenvalue weighted by molar-refractivity contribution is -0.119. The standard InChI is InChI=1S/C32H33N3O7S/c1-23-10-13-26(14-11-23)35(43(37,38)27-15-17-28(39-2)31(19-27)41-4)21-32(36)34-33-20-25-12-16-29(30(18-25)40-3)42-22-24-8-6-5-7-9-24/h5-20H,21-22H2,1-4H3,(H,34,36). The summed E-state index contributed by atoms with van der Waals surface area (Å²) in [5.41, 5.74) is 5.32. The van der Waals surface area contributed by atoms with Gasteiger partial charge in [0.15, 0.2) is 23.0 Å². The maximum absolute atomic E-state index is 13.7. The van der Waals surface area contributed by atoms with Crippen LogP contribution in [-0.2, 0) is 21.4 Å². The highest BCUT2D eigenvalue weighted by molar-refractivity contribution is 7.92. The lowest BCUT2D eigenvalue weighted by Gasteiger charge is -2.24. The molecule has 0 heterocycles. The van der Waals surface area contributed by atoms with Gasteiger partial charge >= 0.3 is 0 Å². The summed E-state index contributed by atoms with van der Waals surface area (Å²) in [6, 6.07) is 26.0. The van der Waals surface area contributed by atoms with Crippen LogP contribution in [0.3, 0.4) is 0 Å². The predicted octanol–water partition coefficient (Wildman–Crippen LogP) is 4.95. The summed E-state index contributed by atoms with van der Waals surface area (Å²) in [5, 5.41) is 4.03. The first-order chi connectivity index (χ1) is 20.7. The second kappa shape index (κ2) is 14.2. The first-order valence-corrected chi connectivity index (χ1v) is 14.7. The molecule has 0 spiro atoms. The first kappa shape index (κ1) is 30.9. The average molecular weight is 604 g/mol. The Balaban J connectivity index is 1.49. The van der Waals surface area contributed by atoms with E-state index < -0.39 is 22.5 Å². The van der Waals surface area contributed by atoms with Crippen LogP contribution in [0.15, 0.2) is 101 Å². The second-order valence-corrected chi connectivity index (χ2v) is 11.2. The van der Waals surface area contributed by atoms with E-state index in [9.17, 15) is 13.2 Å². The molecule has 10 nitrogen and oxygen atoms in total. The zero-order valence-corrected chi connectivity index (χ0v) is 25.1. The van der Waals surface area contributed by atoms with Gasteiger partial charge in [-0.15, -0.1) is 0 Å². The summed E-state index contributed by atoms with van der Waals surface area (Å²) in [6.45, 7) is 1.74. The maximum atomic E-state index is 13.7. The number of anilines is 1. The van der Waals surface area contributed by atoms with Crippen molar-refractivity contribution < 1.29 is 32.2 Å². The Morgan fingerprint density at radius 2 is 1.47 bits per heavy atom. The molecular weight excluding hydrogens is 570 g/mol. The van der Waals surface area contributed by atoms with Crippen LogP contribution in [0.4, 0.5) is 5.69 Å². The van der Waals surface area contributed by atoms with Crippen LogP contribution in [0, 0.1) is 6.92 Å². The smallest absolute Gasteiger partial charge is 0.264 e. The minimum absolute atomic E-state index is 0.0660. The molecule has 0 fully saturated rings. The summed E-state index contributed by atoms with van der Waals surface area (Å²) < 4.78 is 50.4. The molecule has 4 rings (SSSR count). The van der Waals surface area contributed by atoms with E-state index in [0.29, 0.717) is 35.1 Å². The van der Waals surface area contributed by atoms with E-state index >= 15 is 0 Å². The number of hydrogen-bond donors (Lipinski definition) is 1. The Labute approximate surface area is 251 Å². The summed E-state index contributed by atoms with van der Waals surface area (Å²) in [5.74, 6) is 1.03. The Bertz CT molecular complexity index is 1680. The normalized spacial score (nSPS) is 11.2. The fourth-order valence-corrected chi connectivity index (χ4v) is 5.53. The minimum Gasteiger partial charge on any atom is -0.493 e. The van der Waals surface area contributed by atoms with E-state index in [-0.39, 0.29) is 10.6 Å². The van der Waals surface area contributed by atoms with Crippen molar-refractivity contribution >= 4 is 27.8 Å². The van der Waals surface area contributed by atoms with Gasteiger partial charge in [0.1, 0.15) is 13.2 Å². The molecule has 0 unspecified atom stereocenters. The van der Waals surface area contributed by atoms with Gasteiger partial charge in [-0.25, -0.2) is 13.8 Å². The lowest BCUT2D eigenvalue weighted by atomic mass is 10.2. The van der Waals surface area contributed by atoms with E-state index in [2.05, 4.69) is 10.5 Å². The number of aryl methyl sites for hydroxylation is 1. The predicted molar refractivity (Wildman–Crippen MR) is 165 cm³/mol. The highest BCUT2D eigenvalue weighted by Crippen LogP contribution is 2.32. The lowest BCUT2D eigenvalue weighted by Crippen LogP contribution is -2.39. The summed E-state index contributed by atoms with van der Waals surface area (Å²) in [7, 11) is 0.225. The van der Waals surface area contributed by atoms with E-state index in [1.165, 1.54) is 45.7 Å². The molecule has 0 saturated carbocycles. The third-order valence-electron chi connectivity index (χ3n) is 6.38. The molecule has 1 amide bonds. The Morgan fingerprint density at radius 3 is 2.14 bits per heavy atom. The summed E-state index contributed by atoms with van der Waals surface area (Å²) >= 11 is 0. The van der Waals surface area contributed by atoms with Crippen molar-refractivity contribution in [1.82, 2.24) is 5.43 Å².